The molecule has 0 radical (unpaired) electrons. The molecule has 6 heteroatoms. The van der Waals surface area contributed by atoms with E-state index in [9.17, 15) is 9.18 Å². The van der Waals surface area contributed by atoms with Crippen LogP contribution in [-0.2, 0) is 19.5 Å². The molecule has 140 valence electrons. The maximum atomic E-state index is 13.1. The lowest BCUT2D eigenvalue weighted by Crippen LogP contribution is -2.44. The van der Waals surface area contributed by atoms with Gasteiger partial charge in [-0.3, -0.25) is 4.90 Å². The highest BCUT2D eigenvalue weighted by atomic mass is 32.1. The second-order valence-electron chi connectivity index (χ2n) is 6.55. The van der Waals surface area contributed by atoms with Crippen molar-refractivity contribution in [1.29, 1.82) is 0 Å². The Bertz CT molecular complexity index is 1050. The smallest absolute Gasteiger partial charge is 0.315 e. The van der Waals surface area contributed by atoms with Gasteiger partial charge in [0.15, 0.2) is 10.8 Å². The van der Waals surface area contributed by atoms with Crippen molar-refractivity contribution in [3.8, 4) is 11.8 Å². The first-order valence-electron chi connectivity index (χ1n) is 8.90. The quantitative estimate of drug-likeness (QED) is 0.619. The average Bonchev–Trinajstić information content (AvgIpc) is 3.11. The van der Waals surface area contributed by atoms with E-state index in [1.165, 1.54) is 23.5 Å². The van der Waals surface area contributed by atoms with Gasteiger partial charge in [0.05, 0.1) is 11.4 Å². The van der Waals surface area contributed by atoms with Gasteiger partial charge < -0.3 is 4.90 Å². The number of halogens is 1. The summed E-state index contributed by atoms with van der Waals surface area (Å²) in [4.78, 5) is 21.5. The van der Waals surface area contributed by atoms with Gasteiger partial charge in [0.1, 0.15) is 5.82 Å². The lowest BCUT2D eigenvalue weighted by atomic mass is 10.2. The van der Waals surface area contributed by atoms with Gasteiger partial charge in [-0.1, -0.05) is 48.4 Å². The van der Waals surface area contributed by atoms with Crippen molar-refractivity contribution in [2.24, 2.45) is 0 Å². The maximum Gasteiger partial charge on any atom is 0.326 e. The van der Waals surface area contributed by atoms with Crippen molar-refractivity contribution < 1.29 is 9.18 Å². The van der Waals surface area contributed by atoms with Crippen LogP contribution in [0.2, 0.25) is 0 Å². The molecule has 0 unspecified atom stereocenters. The van der Waals surface area contributed by atoms with E-state index in [0.717, 1.165) is 16.0 Å². The first kappa shape index (κ1) is 18.2. The van der Waals surface area contributed by atoms with Gasteiger partial charge in [-0.2, -0.15) is 0 Å². The highest BCUT2D eigenvalue weighted by molar-refractivity contribution is 7.12. The van der Waals surface area contributed by atoms with Crippen molar-refractivity contribution in [1.82, 2.24) is 9.88 Å². The topological polar surface area (TPSA) is 36.4 Å². The van der Waals surface area contributed by atoms with E-state index in [1.54, 1.807) is 29.0 Å². The molecule has 2 amide bonds. The summed E-state index contributed by atoms with van der Waals surface area (Å²) < 4.78 is 13.1. The molecule has 28 heavy (non-hydrogen) atoms. The fraction of sp³-hybridized carbons (Fsp3) is 0.182. The normalized spacial score (nSPS) is 13.1. The molecule has 1 aliphatic heterocycles. The van der Waals surface area contributed by atoms with Crippen LogP contribution in [0.25, 0.3) is 0 Å². The molecule has 0 bridgehead atoms. The van der Waals surface area contributed by atoms with Crippen LogP contribution in [0.5, 0.6) is 0 Å². The summed E-state index contributed by atoms with van der Waals surface area (Å²) in [6, 6.07) is 16.2. The highest BCUT2D eigenvalue weighted by Gasteiger charge is 2.30. The predicted molar refractivity (Wildman–Crippen MR) is 109 cm³/mol. The van der Waals surface area contributed by atoms with Crippen molar-refractivity contribution in [2.45, 2.75) is 19.5 Å². The SMILES string of the molecule is CN1C(=O)N(Cc2ccc(F)cc2)Cc2sc(C#CCc3ccccc3)nc21. The number of rotatable bonds is 3. The maximum absolute atomic E-state index is 13.1. The zero-order chi connectivity index (χ0) is 19.5. The van der Waals surface area contributed by atoms with Crippen LogP contribution >= 0.6 is 11.3 Å². The molecular formula is C22H18FN3OS. The first-order valence-corrected chi connectivity index (χ1v) is 9.71. The van der Waals surface area contributed by atoms with Crippen LogP contribution in [-0.4, -0.2) is 23.0 Å². The van der Waals surface area contributed by atoms with Crippen LogP contribution in [0.3, 0.4) is 0 Å². The number of nitrogens with zero attached hydrogens (tertiary/aromatic N) is 3. The van der Waals surface area contributed by atoms with Crippen molar-refractivity contribution in [3.63, 3.8) is 0 Å². The third kappa shape index (κ3) is 3.90. The Hall–Kier alpha value is -3.17. The van der Waals surface area contributed by atoms with Gasteiger partial charge in [0.2, 0.25) is 0 Å². The Morgan fingerprint density at radius 3 is 2.61 bits per heavy atom. The lowest BCUT2D eigenvalue weighted by Gasteiger charge is -2.32. The van der Waals surface area contributed by atoms with Gasteiger partial charge >= 0.3 is 6.03 Å². The van der Waals surface area contributed by atoms with Gasteiger partial charge in [-0.05, 0) is 29.2 Å². The van der Waals surface area contributed by atoms with Gasteiger partial charge in [-0.25, -0.2) is 14.2 Å². The monoisotopic (exact) mass is 391 g/mol. The van der Waals surface area contributed by atoms with Crippen molar-refractivity contribution in [2.75, 3.05) is 11.9 Å². The molecule has 0 N–H and O–H groups in total. The summed E-state index contributed by atoms with van der Waals surface area (Å²) in [5.41, 5.74) is 2.05. The summed E-state index contributed by atoms with van der Waals surface area (Å²) in [5.74, 6) is 6.66. The standard InChI is InChI=1S/C22H18FN3OS/c1-25-21-19(15-26(22(25)27)14-17-10-12-18(23)13-11-17)28-20(24-21)9-5-8-16-6-3-2-4-7-16/h2-4,6-7,10-13H,8,14-15H2,1H3. The largest absolute Gasteiger partial charge is 0.326 e. The van der Waals surface area contributed by atoms with Crippen LogP contribution in [0, 0.1) is 17.7 Å². The molecule has 0 atom stereocenters. The summed E-state index contributed by atoms with van der Waals surface area (Å²) in [5, 5.41) is 0.712. The van der Waals surface area contributed by atoms with Crippen LogP contribution in [0.1, 0.15) is 21.0 Å². The van der Waals surface area contributed by atoms with Gasteiger partial charge in [0.25, 0.3) is 0 Å². The Morgan fingerprint density at radius 1 is 1.11 bits per heavy atom. The van der Waals surface area contributed by atoms with Crippen LogP contribution in [0.4, 0.5) is 15.0 Å². The van der Waals surface area contributed by atoms with Gasteiger partial charge in [0, 0.05) is 20.0 Å². The van der Waals surface area contributed by atoms with Gasteiger partial charge in [-0.15, -0.1) is 11.3 Å². The molecule has 0 spiro atoms. The molecule has 1 aromatic heterocycles. The number of aromatic nitrogens is 1. The van der Waals surface area contributed by atoms with E-state index in [-0.39, 0.29) is 11.8 Å². The third-order valence-electron chi connectivity index (χ3n) is 4.50. The number of hydrogen-bond acceptors (Lipinski definition) is 3. The molecule has 3 aromatic rings. The Labute approximate surface area is 167 Å². The number of thiazole rings is 1. The highest BCUT2D eigenvalue weighted by Crippen LogP contribution is 2.32. The Morgan fingerprint density at radius 2 is 1.86 bits per heavy atom. The molecular weight excluding hydrogens is 373 g/mol. The first-order chi connectivity index (χ1) is 13.6. The molecule has 4 rings (SSSR count). The minimum absolute atomic E-state index is 0.120. The number of hydrogen-bond donors (Lipinski definition) is 0. The number of fused-ring (bicyclic) bond motifs is 1. The number of carbonyl (C=O) groups is 1. The number of amides is 2. The minimum atomic E-state index is -0.283. The molecule has 4 nitrogen and oxygen atoms in total. The summed E-state index contributed by atoms with van der Waals surface area (Å²) >= 11 is 1.51. The van der Waals surface area contributed by atoms with Crippen molar-refractivity contribution in [3.05, 3.63) is 81.4 Å². The number of anilines is 1. The fourth-order valence-corrected chi connectivity index (χ4v) is 4.04. The summed E-state index contributed by atoms with van der Waals surface area (Å²) in [7, 11) is 1.72. The van der Waals surface area contributed by atoms with E-state index in [4.69, 9.17) is 0 Å². The molecule has 2 heterocycles. The minimum Gasteiger partial charge on any atom is -0.315 e. The fourth-order valence-electron chi connectivity index (χ4n) is 3.06. The van der Waals surface area contributed by atoms with E-state index >= 15 is 0 Å². The third-order valence-corrected chi connectivity index (χ3v) is 5.45. The van der Waals surface area contributed by atoms with E-state index < -0.39 is 0 Å². The van der Waals surface area contributed by atoms with Crippen molar-refractivity contribution >= 4 is 23.2 Å². The molecule has 0 aliphatic carbocycles. The molecule has 0 saturated carbocycles. The molecule has 0 saturated heterocycles. The van der Waals surface area contributed by atoms with Crippen LogP contribution < -0.4 is 4.90 Å². The number of benzene rings is 2. The summed E-state index contributed by atoms with van der Waals surface area (Å²) in [6.45, 7) is 0.906. The Balaban J connectivity index is 1.50. The van der Waals surface area contributed by atoms with E-state index in [1.807, 2.05) is 30.3 Å². The molecule has 1 aliphatic rings. The van der Waals surface area contributed by atoms with E-state index in [0.29, 0.717) is 30.3 Å². The zero-order valence-corrected chi connectivity index (χ0v) is 16.2. The predicted octanol–water partition coefficient (Wildman–Crippen LogP) is 4.45. The van der Waals surface area contributed by atoms with Crippen LogP contribution in [0.15, 0.2) is 54.6 Å². The Kier molecular flexibility index (Phi) is 5.09. The second kappa shape index (κ2) is 7.83. The zero-order valence-electron chi connectivity index (χ0n) is 15.4. The number of urea groups is 1. The van der Waals surface area contributed by atoms with E-state index in [2.05, 4.69) is 16.8 Å². The molecule has 0 fully saturated rings. The lowest BCUT2D eigenvalue weighted by molar-refractivity contribution is 0.197. The number of carbonyl (C=O) groups excluding carboxylic acids is 1. The second-order valence-corrected chi connectivity index (χ2v) is 7.64. The summed E-state index contributed by atoms with van der Waals surface area (Å²) in [6.07, 6.45) is 0.663. The average molecular weight is 391 g/mol. The molecule has 2 aromatic carbocycles.